The predicted octanol–water partition coefficient (Wildman–Crippen LogP) is 2.63. The van der Waals surface area contributed by atoms with Crippen LogP contribution in [-0.2, 0) is 20.0 Å². The van der Waals surface area contributed by atoms with Crippen LogP contribution < -0.4 is 10.1 Å². The van der Waals surface area contributed by atoms with Gasteiger partial charge in [0.05, 0.1) is 19.3 Å². The van der Waals surface area contributed by atoms with E-state index in [9.17, 15) is 0 Å². The normalized spacial score (nSPS) is 17.2. The van der Waals surface area contributed by atoms with Crippen molar-refractivity contribution in [3.8, 4) is 5.88 Å². The Morgan fingerprint density at radius 2 is 2.18 bits per heavy atom. The van der Waals surface area contributed by atoms with E-state index >= 15 is 0 Å². The Morgan fingerprint density at radius 1 is 1.29 bits per heavy atom. The molecule has 28 heavy (non-hydrogen) atoms. The van der Waals surface area contributed by atoms with Crippen molar-refractivity contribution >= 4 is 5.96 Å². The lowest BCUT2D eigenvalue weighted by Gasteiger charge is -2.21. The van der Waals surface area contributed by atoms with Crippen molar-refractivity contribution in [3.63, 3.8) is 0 Å². The van der Waals surface area contributed by atoms with Crippen LogP contribution in [0.15, 0.2) is 35.7 Å². The zero-order valence-corrected chi connectivity index (χ0v) is 17.3. The summed E-state index contributed by atoms with van der Waals surface area (Å²) in [5, 5.41) is 7.72. The van der Waals surface area contributed by atoms with Crippen molar-refractivity contribution in [3.05, 3.63) is 41.9 Å². The molecule has 0 bridgehead atoms. The summed E-state index contributed by atoms with van der Waals surface area (Å²) in [4.78, 5) is 11.6. The van der Waals surface area contributed by atoms with Crippen LogP contribution in [0.5, 0.6) is 5.88 Å². The van der Waals surface area contributed by atoms with Crippen LogP contribution in [0.2, 0.25) is 0 Å². The monoisotopic (exact) mass is 384 g/mol. The first kappa shape index (κ1) is 20.2. The number of pyridine rings is 1. The second-order valence-electron chi connectivity index (χ2n) is 7.35. The van der Waals surface area contributed by atoms with Crippen molar-refractivity contribution in [2.24, 2.45) is 18.0 Å². The Balaban J connectivity index is 1.56. The topological polar surface area (TPSA) is 67.6 Å². The van der Waals surface area contributed by atoms with Crippen molar-refractivity contribution in [2.75, 3.05) is 26.2 Å². The molecule has 3 rings (SSSR count). The third-order valence-corrected chi connectivity index (χ3v) is 4.87. The Kier molecular flexibility index (Phi) is 7.28. The number of nitrogens with one attached hydrogen (secondary N) is 1. The molecule has 0 saturated carbocycles. The van der Waals surface area contributed by atoms with E-state index in [1.807, 2.05) is 36.3 Å². The minimum atomic E-state index is 0.618. The highest BCUT2D eigenvalue weighted by Crippen LogP contribution is 2.21. The molecule has 7 heteroatoms. The van der Waals surface area contributed by atoms with E-state index in [1.165, 1.54) is 12.0 Å². The molecule has 1 saturated heterocycles. The summed E-state index contributed by atoms with van der Waals surface area (Å²) in [6, 6.07) is 3.97. The maximum absolute atomic E-state index is 5.54. The second kappa shape index (κ2) is 10.1. The van der Waals surface area contributed by atoms with Crippen LogP contribution in [0.3, 0.4) is 0 Å². The number of aromatic nitrogens is 3. The molecule has 0 aliphatic carbocycles. The molecule has 0 aromatic carbocycles. The fourth-order valence-electron chi connectivity index (χ4n) is 3.49. The molecule has 3 heterocycles. The molecule has 1 unspecified atom stereocenters. The quantitative estimate of drug-likeness (QED) is 0.560. The Labute approximate surface area is 167 Å². The van der Waals surface area contributed by atoms with E-state index in [2.05, 4.69) is 40.3 Å². The van der Waals surface area contributed by atoms with Crippen LogP contribution >= 0.6 is 0 Å². The predicted molar refractivity (Wildman–Crippen MR) is 111 cm³/mol. The van der Waals surface area contributed by atoms with Crippen molar-refractivity contribution in [1.82, 2.24) is 25.0 Å². The van der Waals surface area contributed by atoms with E-state index in [1.54, 1.807) is 0 Å². The maximum Gasteiger partial charge on any atom is 0.213 e. The summed E-state index contributed by atoms with van der Waals surface area (Å²) >= 11 is 0. The van der Waals surface area contributed by atoms with Gasteiger partial charge in [-0.2, -0.15) is 5.10 Å². The highest BCUT2D eigenvalue weighted by molar-refractivity contribution is 5.80. The zero-order valence-electron chi connectivity index (χ0n) is 17.3. The molecule has 1 aliphatic heterocycles. The van der Waals surface area contributed by atoms with Crippen LogP contribution in [0.1, 0.15) is 37.8 Å². The van der Waals surface area contributed by atoms with Gasteiger partial charge in [-0.25, -0.2) is 9.98 Å². The first-order valence-electron chi connectivity index (χ1n) is 10.3. The van der Waals surface area contributed by atoms with Gasteiger partial charge in [0.15, 0.2) is 5.96 Å². The molecule has 1 fully saturated rings. The third-order valence-electron chi connectivity index (χ3n) is 4.87. The number of ether oxygens (including phenoxy) is 1. The lowest BCUT2D eigenvalue weighted by molar-refractivity contribution is 0.305. The molecular formula is C21H32N6O. The van der Waals surface area contributed by atoms with E-state index in [0.29, 0.717) is 24.9 Å². The lowest BCUT2D eigenvalue weighted by atomic mass is 10.0. The average molecular weight is 385 g/mol. The first-order valence-corrected chi connectivity index (χ1v) is 10.3. The SMILES string of the molecule is CCCOc1ccc(CN=C(NCC)N2CCC(Cc3cnn(C)c3)C2)cn1. The van der Waals surface area contributed by atoms with Crippen LogP contribution in [0, 0.1) is 5.92 Å². The van der Waals surface area contributed by atoms with Gasteiger partial charge < -0.3 is 15.0 Å². The number of guanidine groups is 1. The van der Waals surface area contributed by atoms with E-state index in [0.717, 1.165) is 44.0 Å². The van der Waals surface area contributed by atoms with Gasteiger partial charge in [-0.1, -0.05) is 13.0 Å². The molecule has 152 valence electrons. The summed E-state index contributed by atoms with van der Waals surface area (Å²) in [7, 11) is 1.97. The van der Waals surface area contributed by atoms with Gasteiger partial charge in [0, 0.05) is 45.1 Å². The lowest BCUT2D eigenvalue weighted by Crippen LogP contribution is -2.40. The van der Waals surface area contributed by atoms with Gasteiger partial charge in [-0.15, -0.1) is 0 Å². The van der Waals surface area contributed by atoms with Gasteiger partial charge >= 0.3 is 0 Å². The van der Waals surface area contributed by atoms with Gasteiger partial charge in [0.25, 0.3) is 0 Å². The summed E-state index contributed by atoms with van der Waals surface area (Å²) in [6.07, 6.45) is 9.19. The number of aliphatic imine (C=N–C) groups is 1. The number of hydrogen-bond acceptors (Lipinski definition) is 4. The molecule has 7 nitrogen and oxygen atoms in total. The molecular weight excluding hydrogens is 352 g/mol. The van der Waals surface area contributed by atoms with E-state index in [-0.39, 0.29) is 0 Å². The van der Waals surface area contributed by atoms with Crippen molar-refractivity contribution in [1.29, 1.82) is 0 Å². The number of nitrogens with zero attached hydrogens (tertiary/aromatic N) is 5. The summed E-state index contributed by atoms with van der Waals surface area (Å²) in [5.41, 5.74) is 2.40. The molecule has 2 aromatic rings. The molecule has 0 amide bonds. The summed E-state index contributed by atoms with van der Waals surface area (Å²) < 4.78 is 7.42. The van der Waals surface area contributed by atoms with E-state index in [4.69, 9.17) is 9.73 Å². The second-order valence-corrected chi connectivity index (χ2v) is 7.35. The van der Waals surface area contributed by atoms with Crippen molar-refractivity contribution in [2.45, 2.75) is 39.7 Å². The van der Waals surface area contributed by atoms with Gasteiger partial charge in [0.2, 0.25) is 5.88 Å². The van der Waals surface area contributed by atoms with Gasteiger partial charge in [-0.05, 0) is 43.2 Å². The van der Waals surface area contributed by atoms with E-state index < -0.39 is 0 Å². The highest BCUT2D eigenvalue weighted by atomic mass is 16.5. The number of hydrogen-bond donors (Lipinski definition) is 1. The minimum absolute atomic E-state index is 0.618. The molecule has 1 aliphatic rings. The van der Waals surface area contributed by atoms with Crippen LogP contribution in [0.25, 0.3) is 0 Å². The van der Waals surface area contributed by atoms with Gasteiger partial charge in [-0.3, -0.25) is 4.68 Å². The van der Waals surface area contributed by atoms with Crippen molar-refractivity contribution < 1.29 is 4.74 Å². The Bertz CT molecular complexity index is 755. The van der Waals surface area contributed by atoms with Crippen LogP contribution in [-0.4, -0.2) is 51.9 Å². The largest absolute Gasteiger partial charge is 0.478 e. The zero-order chi connectivity index (χ0) is 19.8. The first-order chi connectivity index (χ1) is 13.7. The summed E-state index contributed by atoms with van der Waals surface area (Å²) in [6.45, 7) is 8.45. The number of rotatable bonds is 8. The number of aryl methyl sites for hydroxylation is 1. The highest BCUT2D eigenvalue weighted by Gasteiger charge is 2.25. The fraction of sp³-hybridized carbons (Fsp3) is 0.571. The molecule has 0 spiro atoms. The molecule has 1 N–H and O–H groups in total. The molecule has 1 atom stereocenters. The third kappa shape index (κ3) is 5.71. The average Bonchev–Trinajstić information content (AvgIpc) is 3.33. The maximum atomic E-state index is 5.54. The Hall–Kier alpha value is -2.57. The molecule has 2 aromatic heterocycles. The standard InChI is InChI=1S/C21H32N6O/c1-4-10-28-20-7-6-18(12-23-20)13-24-21(22-5-2)27-9-8-17(16-27)11-19-14-25-26(3)15-19/h6-7,12,14-15,17H,4-5,8-11,13,16H2,1-3H3,(H,22,24). The molecule has 0 radical (unpaired) electrons. The van der Waals surface area contributed by atoms with Crippen LogP contribution in [0.4, 0.5) is 0 Å². The minimum Gasteiger partial charge on any atom is -0.478 e. The summed E-state index contributed by atoms with van der Waals surface area (Å²) in [5.74, 6) is 2.31. The number of likely N-dealkylation sites (tertiary alicyclic amines) is 1. The smallest absolute Gasteiger partial charge is 0.213 e. The van der Waals surface area contributed by atoms with Gasteiger partial charge in [0.1, 0.15) is 0 Å². The Morgan fingerprint density at radius 3 is 2.86 bits per heavy atom. The fourth-order valence-corrected chi connectivity index (χ4v) is 3.49.